The third kappa shape index (κ3) is 7.72. The molecule has 1 amide bonds. The Hall–Kier alpha value is -1.84. The fraction of sp³-hybridized carbons (Fsp3) is 0.619. The van der Waals surface area contributed by atoms with Gasteiger partial charge in [0.1, 0.15) is 0 Å². The maximum absolute atomic E-state index is 12.0. The molecule has 0 spiro atoms. The highest BCUT2D eigenvalue weighted by Gasteiger charge is 2.06. The number of hydrogen-bond acceptors (Lipinski definition) is 2. The van der Waals surface area contributed by atoms with Gasteiger partial charge < -0.3 is 4.98 Å². The lowest BCUT2D eigenvalue weighted by Gasteiger charge is -2.03. The zero-order valence-corrected chi connectivity index (χ0v) is 15.7. The number of carbonyl (C=O) groups excluding carboxylic acids is 1. The summed E-state index contributed by atoms with van der Waals surface area (Å²) in [4.78, 5) is 19.5. The molecule has 0 atom stereocenters. The van der Waals surface area contributed by atoms with E-state index in [-0.39, 0.29) is 5.91 Å². The molecule has 0 saturated heterocycles. The van der Waals surface area contributed by atoms with Crippen LogP contribution in [0.3, 0.4) is 0 Å². The van der Waals surface area contributed by atoms with E-state index in [9.17, 15) is 4.79 Å². The molecular formula is C21H33N3O. The van der Waals surface area contributed by atoms with Crippen LogP contribution in [-0.4, -0.2) is 15.9 Å². The first-order chi connectivity index (χ1) is 12.3. The Labute approximate surface area is 151 Å². The molecule has 0 aliphatic carbocycles. The van der Waals surface area contributed by atoms with E-state index in [0.717, 1.165) is 23.9 Å². The van der Waals surface area contributed by atoms with Gasteiger partial charge in [-0.3, -0.25) is 10.1 Å². The summed E-state index contributed by atoms with van der Waals surface area (Å²) in [6, 6.07) is 7.80. The van der Waals surface area contributed by atoms with Crippen LogP contribution in [0, 0.1) is 0 Å². The number of unbranched alkanes of at least 4 members (excludes halogenated alkanes) is 10. The van der Waals surface area contributed by atoms with Crippen molar-refractivity contribution in [1.29, 1.82) is 0 Å². The maximum Gasteiger partial charge on any atom is 0.226 e. The van der Waals surface area contributed by atoms with Crippen molar-refractivity contribution in [3.8, 4) is 0 Å². The van der Waals surface area contributed by atoms with Crippen LogP contribution in [0.5, 0.6) is 0 Å². The number of H-pyrrole nitrogens is 1. The number of nitrogens with one attached hydrogen (secondary N) is 2. The zero-order valence-electron chi connectivity index (χ0n) is 15.7. The third-order valence-electron chi connectivity index (χ3n) is 4.65. The summed E-state index contributed by atoms with van der Waals surface area (Å²) < 4.78 is 0. The van der Waals surface area contributed by atoms with Crippen molar-refractivity contribution in [2.75, 3.05) is 5.32 Å². The SMILES string of the molecule is CCCCCCCCCCCCCC(=O)Nc1nc2ccccc2[nH]1. The Morgan fingerprint density at radius 3 is 2.16 bits per heavy atom. The Morgan fingerprint density at radius 2 is 1.52 bits per heavy atom. The second-order valence-electron chi connectivity index (χ2n) is 6.94. The number of benzene rings is 1. The number of fused-ring (bicyclic) bond motifs is 1. The van der Waals surface area contributed by atoms with Gasteiger partial charge in [-0.05, 0) is 18.6 Å². The molecule has 25 heavy (non-hydrogen) atoms. The Morgan fingerprint density at radius 1 is 0.920 bits per heavy atom. The van der Waals surface area contributed by atoms with Crippen molar-refractivity contribution in [2.45, 2.75) is 84.0 Å². The van der Waals surface area contributed by atoms with Gasteiger partial charge in [0, 0.05) is 6.42 Å². The van der Waals surface area contributed by atoms with Crippen molar-refractivity contribution in [3.63, 3.8) is 0 Å². The molecule has 2 N–H and O–H groups in total. The van der Waals surface area contributed by atoms with Crippen LogP contribution in [0.25, 0.3) is 11.0 Å². The van der Waals surface area contributed by atoms with Crippen molar-refractivity contribution in [3.05, 3.63) is 24.3 Å². The number of aromatic amines is 1. The first kappa shape index (κ1) is 19.5. The number of carbonyl (C=O) groups is 1. The molecule has 0 radical (unpaired) electrons. The van der Waals surface area contributed by atoms with Gasteiger partial charge >= 0.3 is 0 Å². The summed E-state index contributed by atoms with van der Waals surface area (Å²) >= 11 is 0. The molecule has 0 saturated carbocycles. The van der Waals surface area contributed by atoms with Crippen molar-refractivity contribution >= 4 is 22.9 Å². The van der Waals surface area contributed by atoms with Crippen LogP contribution in [0.15, 0.2) is 24.3 Å². The zero-order chi connectivity index (χ0) is 17.7. The van der Waals surface area contributed by atoms with Gasteiger partial charge in [0.25, 0.3) is 0 Å². The molecule has 4 nitrogen and oxygen atoms in total. The van der Waals surface area contributed by atoms with Crippen LogP contribution in [0.2, 0.25) is 0 Å². The van der Waals surface area contributed by atoms with Crippen LogP contribution in [0.4, 0.5) is 5.95 Å². The maximum atomic E-state index is 12.0. The van der Waals surface area contributed by atoms with Crippen LogP contribution in [0.1, 0.15) is 84.0 Å². The lowest BCUT2D eigenvalue weighted by molar-refractivity contribution is -0.116. The predicted molar refractivity (Wildman–Crippen MR) is 106 cm³/mol. The first-order valence-electron chi connectivity index (χ1n) is 10.0. The standard InChI is InChI=1S/C21H33N3O/c1-2-3-4-5-6-7-8-9-10-11-12-17-20(25)24-21-22-18-15-13-14-16-19(18)23-21/h13-16H,2-12,17H2,1H3,(H2,22,23,24,25). The van der Waals surface area contributed by atoms with E-state index >= 15 is 0 Å². The minimum absolute atomic E-state index is 0.0509. The highest BCUT2D eigenvalue weighted by Crippen LogP contribution is 2.14. The number of imidazole rings is 1. The lowest BCUT2D eigenvalue weighted by atomic mass is 10.1. The summed E-state index contributed by atoms with van der Waals surface area (Å²) in [5, 5.41) is 2.86. The van der Waals surface area contributed by atoms with Gasteiger partial charge in [-0.25, -0.2) is 4.98 Å². The summed E-state index contributed by atoms with van der Waals surface area (Å²) in [5.41, 5.74) is 1.83. The fourth-order valence-electron chi connectivity index (χ4n) is 3.16. The van der Waals surface area contributed by atoms with E-state index < -0.39 is 0 Å². The number of aromatic nitrogens is 2. The predicted octanol–water partition coefficient (Wildman–Crippen LogP) is 6.20. The van der Waals surface area contributed by atoms with Crippen molar-refractivity contribution < 1.29 is 4.79 Å². The van der Waals surface area contributed by atoms with E-state index in [2.05, 4.69) is 22.2 Å². The van der Waals surface area contributed by atoms with E-state index in [4.69, 9.17) is 0 Å². The van der Waals surface area contributed by atoms with Gasteiger partial charge in [-0.15, -0.1) is 0 Å². The summed E-state index contributed by atoms with van der Waals surface area (Å²) in [6.07, 6.45) is 14.8. The minimum Gasteiger partial charge on any atom is -0.324 e. The summed E-state index contributed by atoms with van der Waals surface area (Å²) in [5.74, 6) is 0.601. The number of hydrogen-bond donors (Lipinski definition) is 2. The molecule has 0 aliphatic heterocycles. The quantitative estimate of drug-likeness (QED) is 0.425. The lowest BCUT2D eigenvalue weighted by Crippen LogP contribution is -2.12. The molecule has 1 aromatic carbocycles. The van der Waals surface area contributed by atoms with Gasteiger partial charge in [0.05, 0.1) is 11.0 Å². The molecule has 0 aliphatic rings. The molecule has 2 rings (SSSR count). The average molecular weight is 344 g/mol. The van der Waals surface area contributed by atoms with E-state index in [0.29, 0.717) is 12.4 Å². The summed E-state index contributed by atoms with van der Waals surface area (Å²) in [6.45, 7) is 2.26. The van der Waals surface area contributed by atoms with E-state index in [1.807, 2.05) is 24.3 Å². The highest BCUT2D eigenvalue weighted by molar-refractivity contribution is 5.90. The third-order valence-corrected chi connectivity index (χ3v) is 4.65. The molecule has 0 fully saturated rings. The molecule has 2 aromatic rings. The minimum atomic E-state index is 0.0509. The smallest absolute Gasteiger partial charge is 0.226 e. The Kier molecular flexibility index (Phi) is 9.09. The first-order valence-corrected chi connectivity index (χ1v) is 10.0. The normalized spacial score (nSPS) is 11.1. The fourth-order valence-corrected chi connectivity index (χ4v) is 3.16. The van der Waals surface area contributed by atoms with Crippen LogP contribution >= 0.6 is 0 Å². The van der Waals surface area contributed by atoms with Crippen molar-refractivity contribution in [2.24, 2.45) is 0 Å². The number of anilines is 1. The second kappa shape index (κ2) is 11.7. The van der Waals surface area contributed by atoms with E-state index in [1.54, 1.807) is 0 Å². The Bertz CT molecular complexity index is 587. The molecule has 138 valence electrons. The van der Waals surface area contributed by atoms with Crippen LogP contribution in [-0.2, 0) is 4.79 Å². The van der Waals surface area contributed by atoms with Gasteiger partial charge in [-0.1, -0.05) is 83.3 Å². The average Bonchev–Trinajstić information content (AvgIpc) is 3.01. The molecule has 1 aromatic heterocycles. The molecule has 4 heteroatoms. The van der Waals surface area contributed by atoms with E-state index in [1.165, 1.54) is 57.8 Å². The molecular weight excluding hydrogens is 310 g/mol. The molecule has 1 heterocycles. The Balaban J connectivity index is 1.47. The second-order valence-corrected chi connectivity index (χ2v) is 6.94. The summed E-state index contributed by atoms with van der Waals surface area (Å²) in [7, 11) is 0. The highest BCUT2D eigenvalue weighted by atomic mass is 16.1. The molecule has 0 unspecified atom stereocenters. The monoisotopic (exact) mass is 343 g/mol. The van der Waals surface area contributed by atoms with Gasteiger partial charge in [-0.2, -0.15) is 0 Å². The van der Waals surface area contributed by atoms with Gasteiger partial charge in [0.15, 0.2) is 0 Å². The number of amides is 1. The number of nitrogens with zero attached hydrogens (tertiary/aromatic N) is 1. The largest absolute Gasteiger partial charge is 0.324 e. The van der Waals surface area contributed by atoms with Gasteiger partial charge in [0.2, 0.25) is 11.9 Å². The van der Waals surface area contributed by atoms with Crippen LogP contribution < -0.4 is 5.32 Å². The topological polar surface area (TPSA) is 57.8 Å². The molecule has 0 bridgehead atoms. The number of para-hydroxylation sites is 2. The van der Waals surface area contributed by atoms with Crippen molar-refractivity contribution in [1.82, 2.24) is 9.97 Å². The number of rotatable bonds is 13.